The fourth-order valence-corrected chi connectivity index (χ4v) is 2.13. The SMILES string of the molecule is COc1cc(CNCc2ccc(C(F)(F)F)cc2)cc(OC)c1. The molecule has 0 atom stereocenters. The molecule has 0 aliphatic rings. The van der Waals surface area contributed by atoms with E-state index in [1.165, 1.54) is 12.1 Å². The monoisotopic (exact) mass is 325 g/mol. The Labute approximate surface area is 133 Å². The quantitative estimate of drug-likeness (QED) is 0.870. The Morgan fingerprint density at radius 1 is 0.826 bits per heavy atom. The van der Waals surface area contributed by atoms with Crippen LogP contribution in [-0.2, 0) is 19.3 Å². The van der Waals surface area contributed by atoms with E-state index in [1.54, 1.807) is 20.3 Å². The molecule has 0 aliphatic carbocycles. The van der Waals surface area contributed by atoms with Crippen molar-refractivity contribution >= 4 is 0 Å². The van der Waals surface area contributed by atoms with Crippen LogP contribution in [-0.4, -0.2) is 14.2 Å². The highest BCUT2D eigenvalue weighted by Gasteiger charge is 2.29. The predicted molar refractivity (Wildman–Crippen MR) is 81.5 cm³/mol. The summed E-state index contributed by atoms with van der Waals surface area (Å²) in [5.74, 6) is 1.38. The second-order valence-corrected chi connectivity index (χ2v) is 5.02. The van der Waals surface area contributed by atoms with Crippen molar-refractivity contribution in [1.82, 2.24) is 5.32 Å². The first-order chi connectivity index (χ1) is 10.9. The third kappa shape index (κ3) is 4.89. The molecule has 1 N–H and O–H groups in total. The third-order valence-corrected chi connectivity index (χ3v) is 3.35. The van der Waals surface area contributed by atoms with Crippen molar-refractivity contribution in [1.29, 1.82) is 0 Å². The first-order valence-electron chi connectivity index (χ1n) is 7.01. The molecule has 0 heterocycles. The molecule has 0 radical (unpaired) electrons. The van der Waals surface area contributed by atoms with Gasteiger partial charge in [0.15, 0.2) is 0 Å². The van der Waals surface area contributed by atoms with Gasteiger partial charge in [0, 0.05) is 19.2 Å². The van der Waals surface area contributed by atoms with Crippen molar-refractivity contribution in [2.75, 3.05) is 14.2 Å². The third-order valence-electron chi connectivity index (χ3n) is 3.35. The maximum absolute atomic E-state index is 12.5. The van der Waals surface area contributed by atoms with E-state index in [1.807, 2.05) is 12.1 Å². The van der Waals surface area contributed by atoms with E-state index in [0.717, 1.165) is 23.3 Å². The van der Waals surface area contributed by atoms with Crippen molar-refractivity contribution in [3.63, 3.8) is 0 Å². The number of methoxy groups -OCH3 is 2. The van der Waals surface area contributed by atoms with E-state index in [4.69, 9.17) is 9.47 Å². The number of benzene rings is 2. The molecular weight excluding hydrogens is 307 g/mol. The normalized spacial score (nSPS) is 11.3. The molecule has 2 rings (SSSR count). The Morgan fingerprint density at radius 2 is 1.35 bits per heavy atom. The summed E-state index contributed by atoms with van der Waals surface area (Å²) in [4.78, 5) is 0. The molecule has 0 spiro atoms. The highest BCUT2D eigenvalue weighted by molar-refractivity contribution is 5.38. The number of rotatable bonds is 6. The standard InChI is InChI=1S/C17H18F3NO2/c1-22-15-7-13(8-16(9-15)23-2)11-21-10-12-3-5-14(6-4-12)17(18,19)20/h3-9,21H,10-11H2,1-2H3. The molecule has 0 fully saturated rings. The fourth-order valence-electron chi connectivity index (χ4n) is 2.13. The van der Waals surface area contributed by atoms with Crippen LogP contribution in [0.3, 0.4) is 0 Å². The molecule has 6 heteroatoms. The van der Waals surface area contributed by atoms with Gasteiger partial charge in [-0.25, -0.2) is 0 Å². The van der Waals surface area contributed by atoms with Crippen LogP contribution in [0.2, 0.25) is 0 Å². The summed E-state index contributed by atoms with van der Waals surface area (Å²) in [6, 6.07) is 10.7. The van der Waals surface area contributed by atoms with Crippen LogP contribution >= 0.6 is 0 Å². The van der Waals surface area contributed by atoms with Gasteiger partial charge in [-0.15, -0.1) is 0 Å². The van der Waals surface area contributed by atoms with Gasteiger partial charge in [-0.05, 0) is 35.4 Å². The van der Waals surface area contributed by atoms with Gasteiger partial charge in [-0.3, -0.25) is 0 Å². The zero-order chi connectivity index (χ0) is 16.9. The summed E-state index contributed by atoms with van der Waals surface area (Å²) in [6.07, 6.45) is -4.30. The summed E-state index contributed by atoms with van der Waals surface area (Å²) in [7, 11) is 3.16. The number of hydrogen-bond acceptors (Lipinski definition) is 3. The zero-order valence-electron chi connectivity index (χ0n) is 12.9. The lowest BCUT2D eigenvalue weighted by molar-refractivity contribution is -0.137. The summed E-state index contributed by atoms with van der Waals surface area (Å²) < 4.78 is 47.9. The van der Waals surface area contributed by atoms with Crippen LogP contribution in [0.4, 0.5) is 13.2 Å². The maximum atomic E-state index is 12.5. The minimum absolute atomic E-state index is 0.470. The highest BCUT2D eigenvalue weighted by atomic mass is 19.4. The summed E-state index contributed by atoms with van der Waals surface area (Å²) in [6.45, 7) is 1.02. The van der Waals surface area contributed by atoms with E-state index in [2.05, 4.69) is 5.32 Å². The van der Waals surface area contributed by atoms with Crippen LogP contribution in [0.25, 0.3) is 0 Å². The van der Waals surface area contributed by atoms with Crippen LogP contribution in [0.5, 0.6) is 11.5 Å². The van der Waals surface area contributed by atoms with Crippen LogP contribution in [0.1, 0.15) is 16.7 Å². The molecular formula is C17H18F3NO2. The first kappa shape index (κ1) is 17.1. The molecule has 0 bridgehead atoms. The molecule has 0 saturated heterocycles. The Hall–Kier alpha value is -2.21. The highest BCUT2D eigenvalue weighted by Crippen LogP contribution is 2.29. The van der Waals surface area contributed by atoms with E-state index in [9.17, 15) is 13.2 Å². The topological polar surface area (TPSA) is 30.5 Å². The molecule has 0 aromatic heterocycles. The van der Waals surface area contributed by atoms with Gasteiger partial charge < -0.3 is 14.8 Å². The molecule has 3 nitrogen and oxygen atoms in total. The molecule has 124 valence electrons. The Morgan fingerprint density at radius 3 is 1.83 bits per heavy atom. The molecule has 0 aliphatic heterocycles. The molecule has 2 aromatic carbocycles. The average Bonchev–Trinajstić information content (AvgIpc) is 2.54. The number of halogens is 3. The lowest BCUT2D eigenvalue weighted by Crippen LogP contribution is -2.13. The zero-order valence-corrected chi connectivity index (χ0v) is 12.9. The number of nitrogens with one attached hydrogen (secondary N) is 1. The van der Waals surface area contributed by atoms with Gasteiger partial charge in [-0.2, -0.15) is 13.2 Å². The molecule has 0 unspecified atom stereocenters. The average molecular weight is 325 g/mol. The van der Waals surface area contributed by atoms with Gasteiger partial charge in [0.1, 0.15) is 11.5 Å². The maximum Gasteiger partial charge on any atom is 0.416 e. The number of alkyl halides is 3. The van der Waals surface area contributed by atoms with E-state index in [-0.39, 0.29) is 0 Å². The summed E-state index contributed by atoms with van der Waals surface area (Å²) in [5, 5.41) is 3.19. The second kappa shape index (κ2) is 7.37. The first-order valence-corrected chi connectivity index (χ1v) is 7.01. The second-order valence-electron chi connectivity index (χ2n) is 5.02. The minimum Gasteiger partial charge on any atom is -0.497 e. The summed E-state index contributed by atoms with van der Waals surface area (Å²) >= 11 is 0. The Balaban J connectivity index is 1.94. The lowest BCUT2D eigenvalue weighted by Gasteiger charge is -2.10. The van der Waals surface area contributed by atoms with Crippen molar-refractivity contribution in [3.8, 4) is 11.5 Å². The number of ether oxygens (including phenoxy) is 2. The Bertz CT molecular complexity index is 617. The van der Waals surface area contributed by atoms with Crippen molar-refractivity contribution in [2.24, 2.45) is 0 Å². The van der Waals surface area contributed by atoms with Crippen molar-refractivity contribution in [3.05, 3.63) is 59.2 Å². The molecule has 23 heavy (non-hydrogen) atoms. The molecule has 0 amide bonds. The largest absolute Gasteiger partial charge is 0.497 e. The van der Waals surface area contributed by atoms with Crippen LogP contribution < -0.4 is 14.8 Å². The van der Waals surface area contributed by atoms with E-state index < -0.39 is 11.7 Å². The summed E-state index contributed by atoms with van der Waals surface area (Å²) in [5.41, 5.74) is 1.11. The minimum atomic E-state index is -4.30. The fraction of sp³-hybridized carbons (Fsp3) is 0.294. The van der Waals surface area contributed by atoms with Crippen molar-refractivity contribution in [2.45, 2.75) is 19.3 Å². The van der Waals surface area contributed by atoms with Crippen LogP contribution in [0.15, 0.2) is 42.5 Å². The molecule has 2 aromatic rings. The van der Waals surface area contributed by atoms with Gasteiger partial charge >= 0.3 is 6.18 Å². The van der Waals surface area contributed by atoms with Gasteiger partial charge in [-0.1, -0.05) is 12.1 Å². The van der Waals surface area contributed by atoms with Crippen LogP contribution in [0, 0.1) is 0 Å². The smallest absolute Gasteiger partial charge is 0.416 e. The van der Waals surface area contributed by atoms with Gasteiger partial charge in [0.25, 0.3) is 0 Å². The van der Waals surface area contributed by atoms with Gasteiger partial charge in [0.05, 0.1) is 19.8 Å². The van der Waals surface area contributed by atoms with Gasteiger partial charge in [0.2, 0.25) is 0 Å². The molecule has 0 saturated carbocycles. The predicted octanol–water partition coefficient (Wildman–Crippen LogP) is 4.01. The lowest BCUT2D eigenvalue weighted by atomic mass is 10.1. The van der Waals surface area contributed by atoms with E-state index >= 15 is 0 Å². The Kier molecular flexibility index (Phi) is 5.50. The van der Waals surface area contributed by atoms with E-state index in [0.29, 0.717) is 24.6 Å². The van der Waals surface area contributed by atoms with Crippen molar-refractivity contribution < 1.29 is 22.6 Å². The number of hydrogen-bond donors (Lipinski definition) is 1.